The van der Waals surface area contributed by atoms with Crippen molar-refractivity contribution in [2.24, 2.45) is 27.7 Å². The molecule has 2 aromatic heterocycles. The van der Waals surface area contributed by atoms with Gasteiger partial charge in [0.25, 0.3) is 0 Å². The van der Waals surface area contributed by atoms with Crippen molar-refractivity contribution in [3.8, 4) is 0 Å². The van der Waals surface area contributed by atoms with Gasteiger partial charge in [0.2, 0.25) is 0 Å². The minimum atomic E-state index is -0.806. The lowest BCUT2D eigenvalue weighted by atomic mass is 9.81. The Bertz CT molecular complexity index is 1700. The van der Waals surface area contributed by atoms with Crippen LogP contribution in [0.25, 0.3) is 6.08 Å². The largest absolute Gasteiger partial charge is 0.481 e. The Morgan fingerprint density at radius 1 is 1.06 bits per heavy atom. The molecule has 0 spiro atoms. The molecule has 0 saturated heterocycles. The van der Waals surface area contributed by atoms with E-state index in [1.54, 1.807) is 0 Å². The number of carbonyl (C=O) groups is 2. The maximum atomic E-state index is 13.6. The molecular formula is C39H52N4O4. The molecule has 3 N–H and O–H groups in total. The van der Waals surface area contributed by atoms with Gasteiger partial charge in [-0.25, -0.2) is 0 Å². The number of unbranched alkanes of at least 4 members (excludes halogenated alkanes) is 1. The van der Waals surface area contributed by atoms with Crippen molar-refractivity contribution in [1.82, 2.24) is 9.97 Å². The summed E-state index contributed by atoms with van der Waals surface area (Å²) in [5.74, 6) is -0.608. The normalized spacial score (nSPS) is 24.1. The average Bonchev–Trinajstić information content (AvgIpc) is 3.78. The van der Waals surface area contributed by atoms with Crippen LogP contribution >= 0.6 is 0 Å². The highest BCUT2D eigenvalue weighted by Crippen LogP contribution is 2.46. The lowest BCUT2D eigenvalue weighted by molar-refractivity contribution is -0.137. The van der Waals surface area contributed by atoms with Crippen molar-refractivity contribution in [1.29, 1.82) is 0 Å². The minimum absolute atomic E-state index is 0.00857. The van der Waals surface area contributed by atoms with Crippen LogP contribution < -0.4 is 0 Å². The number of hydrogen-bond donors (Lipinski definition) is 3. The van der Waals surface area contributed by atoms with Gasteiger partial charge >= 0.3 is 5.97 Å². The van der Waals surface area contributed by atoms with Crippen LogP contribution in [-0.2, 0) is 22.4 Å². The fraction of sp³-hybridized carbons (Fsp3) is 0.590. The molecule has 3 aliphatic heterocycles. The van der Waals surface area contributed by atoms with Gasteiger partial charge in [-0.1, -0.05) is 40.5 Å². The Kier molecular flexibility index (Phi) is 9.62. The van der Waals surface area contributed by atoms with E-state index in [1.165, 1.54) is 16.7 Å². The molecule has 0 radical (unpaired) electrons. The van der Waals surface area contributed by atoms with Gasteiger partial charge in [-0.05, 0) is 69.2 Å². The summed E-state index contributed by atoms with van der Waals surface area (Å²) in [5.41, 5.74) is 13.9. The number of fused-ring (bicyclic) bond motifs is 6. The Hall–Kier alpha value is -3.52. The van der Waals surface area contributed by atoms with Gasteiger partial charge in [0.15, 0.2) is 5.78 Å². The number of Topliss-reactive ketones (excluding diaryl/α,β-unsaturated/α-hetero) is 1. The molecule has 252 valence electrons. The van der Waals surface area contributed by atoms with E-state index >= 15 is 0 Å². The maximum absolute atomic E-state index is 13.6. The molecule has 4 aliphatic rings. The highest BCUT2D eigenvalue weighted by atomic mass is 16.5. The Balaban J connectivity index is 1.55. The summed E-state index contributed by atoms with van der Waals surface area (Å²) in [7, 11) is 0. The molecule has 2 aromatic rings. The highest BCUT2D eigenvalue weighted by molar-refractivity contribution is 6.11. The molecule has 0 amide bonds. The lowest BCUT2D eigenvalue weighted by Crippen LogP contribution is -2.23. The number of ether oxygens (including phenoxy) is 1. The average molecular weight is 641 g/mol. The van der Waals surface area contributed by atoms with Gasteiger partial charge in [-0.3, -0.25) is 19.6 Å². The third-order valence-electron chi connectivity index (χ3n) is 11.3. The van der Waals surface area contributed by atoms with Gasteiger partial charge in [-0.2, -0.15) is 0 Å². The summed E-state index contributed by atoms with van der Waals surface area (Å²) in [5, 5.41) is 9.65. The number of aromatic nitrogens is 2. The zero-order chi connectivity index (χ0) is 33.6. The van der Waals surface area contributed by atoms with Crippen molar-refractivity contribution in [2.45, 2.75) is 125 Å². The Labute approximate surface area is 279 Å². The van der Waals surface area contributed by atoms with Gasteiger partial charge in [0.1, 0.15) is 0 Å². The van der Waals surface area contributed by atoms with E-state index in [1.807, 2.05) is 0 Å². The number of H-pyrrole nitrogens is 2. The maximum Gasteiger partial charge on any atom is 0.303 e. The van der Waals surface area contributed by atoms with Crippen molar-refractivity contribution in [3.05, 3.63) is 62.0 Å². The van der Waals surface area contributed by atoms with Crippen LogP contribution in [-0.4, -0.2) is 44.9 Å². The van der Waals surface area contributed by atoms with Gasteiger partial charge in [0.05, 0.1) is 6.10 Å². The van der Waals surface area contributed by atoms with Crippen molar-refractivity contribution < 1.29 is 19.4 Å². The predicted octanol–water partition coefficient (Wildman–Crippen LogP) is 8.75. The molecule has 0 aromatic carbocycles. The monoisotopic (exact) mass is 640 g/mol. The van der Waals surface area contributed by atoms with Crippen molar-refractivity contribution in [3.63, 3.8) is 0 Å². The second-order valence-corrected chi connectivity index (χ2v) is 14.2. The van der Waals surface area contributed by atoms with Crippen LogP contribution in [0.4, 0.5) is 0 Å². The molecule has 8 bridgehead atoms. The highest BCUT2D eigenvalue weighted by Gasteiger charge is 2.44. The third-order valence-corrected chi connectivity index (χ3v) is 11.3. The van der Waals surface area contributed by atoms with Crippen LogP contribution in [0, 0.1) is 31.6 Å². The molecule has 0 saturated carbocycles. The first-order valence-electron chi connectivity index (χ1n) is 17.9. The first kappa shape index (κ1) is 33.4. The lowest BCUT2D eigenvalue weighted by Gasteiger charge is -2.21. The van der Waals surface area contributed by atoms with E-state index < -0.39 is 5.97 Å². The van der Waals surface area contributed by atoms with E-state index in [9.17, 15) is 14.7 Å². The molecule has 6 rings (SSSR count). The SMILES string of the molecule is CCCCOC(CCC)c1c2[nH]c(c1C)C=C1N=C(C3CC(=O)c4c3[nH]c(c4C)CC3=NC(=C(C)C3CC)C2)[C@@H](CCC(=O)O)C1C. The first-order chi connectivity index (χ1) is 22.6. The van der Waals surface area contributed by atoms with Crippen LogP contribution in [0.1, 0.15) is 148 Å². The first-order valence-corrected chi connectivity index (χ1v) is 17.9. The second-order valence-electron chi connectivity index (χ2n) is 14.2. The van der Waals surface area contributed by atoms with Crippen LogP contribution in [0.5, 0.6) is 0 Å². The number of rotatable bonds is 11. The fourth-order valence-corrected chi connectivity index (χ4v) is 8.61. The van der Waals surface area contributed by atoms with Gasteiger partial charge < -0.3 is 19.8 Å². The summed E-state index contributed by atoms with van der Waals surface area (Å²) < 4.78 is 6.60. The summed E-state index contributed by atoms with van der Waals surface area (Å²) >= 11 is 0. The summed E-state index contributed by atoms with van der Waals surface area (Å²) in [6, 6.07) is 0. The van der Waals surface area contributed by atoms with E-state index in [-0.39, 0.29) is 42.0 Å². The number of carboxylic acids is 1. The van der Waals surface area contributed by atoms with Crippen LogP contribution in [0.2, 0.25) is 0 Å². The number of nitrogens with zero attached hydrogens (tertiary/aromatic N) is 2. The molecule has 5 heterocycles. The predicted molar refractivity (Wildman–Crippen MR) is 188 cm³/mol. The number of ketones is 1. The van der Waals surface area contributed by atoms with Crippen molar-refractivity contribution in [2.75, 3.05) is 6.61 Å². The van der Waals surface area contributed by atoms with E-state index in [0.717, 1.165) is 95.4 Å². The number of allylic oxidation sites excluding steroid dienone is 3. The van der Waals surface area contributed by atoms with Crippen LogP contribution in [0.3, 0.4) is 0 Å². The number of nitrogens with one attached hydrogen (secondary N) is 2. The zero-order valence-electron chi connectivity index (χ0n) is 29.3. The van der Waals surface area contributed by atoms with Crippen LogP contribution in [0.15, 0.2) is 27.0 Å². The molecule has 4 unspecified atom stereocenters. The number of aliphatic imine (C=N–C) groups is 2. The third kappa shape index (κ3) is 6.03. The van der Waals surface area contributed by atoms with E-state index in [4.69, 9.17) is 14.7 Å². The zero-order valence-corrected chi connectivity index (χ0v) is 29.3. The Morgan fingerprint density at radius 3 is 2.55 bits per heavy atom. The number of carbonyl (C=O) groups excluding carboxylic acids is 1. The van der Waals surface area contributed by atoms with Gasteiger partial charge in [0, 0.05) is 113 Å². The molecular weight excluding hydrogens is 588 g/mol. The molecule has 8 nitrogen and oxygen atoms in total. The second kappa shape index (κ2) is 13.5. The number of aromatic amines is 2. The minimum Gasteiger partial charge on any atom is -0.481 e. The number of carboxylic acid groups (broad SMARTS) is 1. The number of hydrogen-bond acceptors (Lipinski definition) is 5. The molecule has 47 heavy (non-hydrogen) atoms. The van der Waals surface area contributed by atoms with Crippen molar-refractivity contribution >= 4 is 29.3 Å². The summed E-state index contributed by atoms with van der Waals surface area (Å²) in [4.78, 5) is 43.5. The molecule has 1 aliphatic carbocycles. The summed E-state index contributed by atoms with van der Waals surface area (Å²) in [6.07, 6.45) is 9.54. The van der Waals surface area contributed by atoms with E-state index in [2.05, 4.69) is 64.5 Å². The topological polar surface area (TPSA) is 120 Å². The quantitative estimate of drug-likeness (QED) is 0.213. The molecule has 8 heteroatoms. The fourth-order valence-electron chi connectivity index (χ4n) is 8.61. The Morgan fingerprint density at radius 2 is 1.85 bits per heavy atom. The smallest absolute Gasteiger partial charge is 0.303 e. The molecule has 5 atom stereocenters. The summed E-state index contributed by atoms with van der Waals surface area (Å²) in [6.45, 7) is 16.0. The van der Waals surface area contributed by atoms with Gasteiger partial charge in [-0.15, -0.1) is 0 Å². The number of aliphatic carboxylic acids is 1. The standard InChI is InChI=1S/C39H52N4O4/c1-8-11-15-47-34(12-9-2)36-22(6)29-17-28-21(5)25(13-14-35(45)46)38(42-28)26-16-33(44)37-23(7)30(43-39(26)37)18-31-24(10-3)20(4)27(40-31)19-32(36)41-29/h17,21,24-26,34,41,43H,8-16,18-19H2,1-7H3,(H,45,46)/t21?,24?,25-,26?,34?/m0/s1. The van der Waals surface area contributed by atoms with E-state index in [0.29, 0.717) is 25.7 Å². The molecule has 0 fully saturated rings.